The van der Waals surface area contributed by atoms with Crippen molar-refractivity contribution in [3.63, 3.8) is 0 Å². The van der Waals surface area contributed by atoms with Gasteiger partial charge in [0, 0.05) is 17.7 Å². The molecule has 0 radical (unpaired) electrons. The number of hydrogen-bond donors (Lipinski definition) is 1. The minimum absolute atomic E-state index is 0.155. The summed E-state index contributed by atoms with van der Waals surface area (Å²) in [4.78, 5) is 23.9. The van der Waals surface area contributed by atoms with Gasteiger partial charge in [-0.15, -0.1) is 0 Å². The van der Waals surface area contributed by atoms with E-state index in [1.54, 1.807) is 18.2 Å². The lowest BCUT2D eigenvalue weighted by atomic mass is 10.1. The molecule has 120 valence electrons. The van der Waals surface area contributed by atoms with Gasteiger partial charge in [0.25, 0.3) is 5.56 Å². The molecule has 1 aromatic heterocycles. The first-order valence-electron chi connectivity index (χ1n) is 7.76. The van der Waals surface area contributed by atoms with Crippen molar-refractivity contribution >= 4 is 5.91 Å². The molecule has 0 bridgehead atoms. The van der Waals surface area contributed by atoms with E-state index in [2.05, 4.69) is 10.4 Å². The Morgan fingerprint density at radius 1 is 1.22 bits per heavy atom. The molecule has 1 aliphatic carbocycles. The summed E-state index contributed by atoms with van der Waals surface area (Å²) < 4.78 is 14.9. The van der Waals surface area contributed by atoms with E-state index >= 15 is 0 Å². The van der Waals surface area contributed by atoms with Crippen molar-refractivity contribution in [1.82, 2.24) is 15.1 Å². The van der Waals surface area contributed by atoms with Crippen LogP contribution < -0.4 is 10.9 Å². The fourth-order valence-corrected chi connectivity index (χ4v) is 2.85. The second-order valence-electron chi connectivity index (χ2n) is 5.74. The van der Waals surface area contributed by atoms with Gasteiger partial charge >= 0.3 is 0 Å². The molecule has 0 spiro atoms. The Morgan fingerprint density at radius 3 is 2.70 bits per heavy atom. The third kappa shape index (κ3) is 3.64. The van der Waals surface area contributed by atoms with Gasteiger partial charge in [-0.2, -0.15) is 5.10 Å². The maximum absolute atomic E-state index is 13.8. The van der Waals surface area contributed by atoms with E-state index in [0.29, 0.717) is 11.3 Å². The lowest BCUT2D eigenvalue weighted by Crippen LogP contribution is -2.38. The third-order valence-electron chi connectivity index (χ3n) is 4.03. The van der Waals surface area contributed by atoms with Crippen LogP contribution in [0.2, 0.25) is 0 Å². The van der Waals surface area contributed by atoms with Crippen molar-refractivity contribution in [1.29, 1.82) is 0 Å². The third-order valence-corrected chi connectivity index (χ3v) is 4.03. The number of carbonyl (C=O) groups excluding carboxylic acids is 1. The first-order chi connectivity index (χ1) is 11.1. The van der Waals surface area contributed by atoms with E-state index in [1.807, 2.05) is 0 Å². The van der Waals surface area contributed by atoms with Gasteiger partial charge in [0.2, 0.25) is 5.91 Å². The number of nitrogens with zero attached hydrogens (tertiary/aromatic N) is 2. The standard InChI is InChI=1S/C17H18FN3O2/c18-14-8-4-3-7-13(14)15-9-10-17(23)21(20-15)11-16(22)19-12-5-1-2-6-12/h3-4,7-10,12H,1-2,5-6,11H2,(H,19,22). The summed E-state index contributed by atoms with van der Waals surface area (Å²) in [5.74, 6) is -0.655. The minimum atomic E-state index is -0.416. The molecule has 1 saturated carbocycles. The van der Waals surface area contributed by atoms with Crippen molar-refractivity contribution in [2.45, 2.75) is 38.3 Å². The second kappa shape index (κ2) is 6.73. The van der Waals surface area contributed by atoms with Gasteiger partial charge in [-0.25, -0.2) is 9.07 Å². The van der Waals surface area contributed by atoms with Crippen LogP contribution in [0.3, 0.4) is 0 Å². The van der Waals surface area contributed by atoms with Gasteiger partial charge in [0.15, 0.2) is 0 Å². The zero-order valence-electron chi connectivity index (χ0n) is 12.7. The first-order valence-corrected chi connectivity index (χ1v) is 7.76. The number of carbonyl (C=O) groups is 1. The van der Waals surface area contributed by atoms with Crippen LogP contribution in [0.5, 0.6) is 0 Å². The first kappa shape index (κ1) is 15.4. The Balaban J connectivity index is 1.79. The van der Waals surface area contributed by atoms with E-state index in [4.69, 9.17) is 0 Å². The van der Waals surface area contributed by atoms with E-state index in [-0.39, 0.29) is 24.1 Å². The minimum Gasteiger partial charge on any atom is -0.352 e. The molecule has 5 nitrogen and oxygen atoms in total. The number of amides is 1. The predicted molar refractivity (Wildman–Crippen MR) is 84.3 cm³/mol. The molecule has 2 aromatic rings. The predicted octanol–water partition coefficient (Wildman–Crippen LogP) is 2.11. The van der Waals surface area contributed by atoms with Crippen LogP contribution in [-0.2, 0) is 11.3 Å². The summed E-state index contributed by atoms with van der Waals surface area (Å²) in [5.41, 5.74) is 0.250. The Morgan fingerprint density at radius 2 is 1.96 bits per heavy atom. The quantitative estimate of drug-likeness (QED) is 0.940. The van der Waals surface area contributed by atoms with Gasteiger partial charge in [-0.05, 0) is 31.0 Å². The molecule has 6 heteroatoms. The van der Waals surface area contributed by atoms with Crippen LogP contribution >= 0.6 is 0 Å². The average Bonchev–Trinajstić information content (AvgIpc) is 3.03. The highest BCUT2D eigenvalue weighted by Gasteiger charge is 2.18. The lowest BCUT2D eigenvalue weighted by molar-refractivity contribution is -0.122. The summed E-state index contributed by atoms with van der Waals surface area (Å²) in [6.07, 6.45) is 4.19. The summed E-state index contributed by atoms with van der Waals surface area (Å²) in [6, 6.07) is 9.16. The molecule has 1 aliphatic rings. The molecule has 0 saturated heterocycles. The molecule has 1 amide bonds. The molecule has 1 heterocycles. The number of hydrogen-bond acceptors (Lipinski definition) is 3. The van der Waals surface area contributed by atoms with Crippen LogP contribution in [-0.4, -0.2) is 21.7 Å². The molecule has 0 aliphatic heterocycles. The highest BCUT2D eigenvalue weighted by molar-refractivity contribution is 5.76. The maximum Gasteiger partial charge on any atom is 0.267 e. The Bertz CT molecular complexity index is 766. The zero-order chi connectivity index (χ0) is 16.2. The van der Waals surface area contributed by atoms with Gasteiger partial charge in [0.1, 0.15) is 12.4 Å². The number of rotatable bonds is 4. The molecule has 1 aromatic carbocycles. The van der Waals surface area contributed by atoms with Crippen molar-refractivity contribution in [3.05, 3.63) is 52.6 Å². The van der Waals surface area contributed by atoms with Crippen molar-refractivity contribution in [2.75, 3.05) is 0 Å². The number of aromatic nitrogens is 2. The van der Waals surface area contributed by atoms with E-state index in [1.165, 1.54) is 18.2 Å². The summed E-state index contributed by atoms with van der Waals surface area (Å²) in [6.45, 7) is -0.155. The molecule has 3 rings (SSSR count). The van der Waals surface area contributed by atoms with Crippen molar-refractivity contribution in [3.8, 4) is 11.3 Å². The Labute approximate surface area is 133 Å². The zero-order valence-corrected chi connectivity index (χ0v) is 12.7. The number of benzene rings is 1. The summed E-state index contributed by atoms with van der Waals surface area (Å²) >= 11 is 0. The fraction of sp³-hybridized carbons (Fsp3) is 0.353. The van der Waals surface area contributed by atoms with E-state index < -0.39 is 5.82 Å². The van der Waals surface area contributed by atoms with Gasteiger partial charge in [-0.1, -0.05) is 25.0 Å². The fourth-order valence-electron chi connectivity index (χ4n) is 2.85. The molecule has 1 N–H and O–H groups in total. The summed E-state index contributed by atoms with van der Waals surface area (Å²) in [5, 5.41) is 7.03. The SMILES string of the molecule is O=C(Cn1nc(-c2ccccc2F)ccc1=O)NC1CCCC1. The maximum atomic E-state index is 13.8. The van der Waals surface area contributed by atoms with Crippen LogP contribution in [0.25, 0.3) is 11.3 Å². The second-order valence-corrected chi connectivity index (χ2v) is 5.74. The van der Waals surface area contributed by atoms with Crippen LogP contribution in [0.4, 0.5) is 4.39 Å². The van der Waals surface area contributed by atoms with Gasteiger partial charge < -0.3 is 5.32 Å². The molecule has 1 fully saturated rings. The normalized spacial score (nSPS) is 14.8. The monoisotopic (exact) mass is 315 g/mol. The molecule has 0 atom stereocenters. The Hall–Kier alpha value is -2.50. The van der Waals surface area contributed by atoms with Crippen LogP contribution in [0, 0.1) is 5.82 Å². The highest BCUT2D eigenvalue weighted by Crippen LogP contribution is 2.19. The van der Waals surface area contributed by atoms with E-state index in [9.17, 15) is 14.0 Å². The molecule has 23 heavy (non-hydrogen) atoms. The Kier molecular flexibility index (Phi) is 4.50. The van der Waals surface area contributed by atoms with Crippen LogP contribution in [0.15, 0.2) is 41.2 Å². The number of halogens is 1. The van der Waals surface area contributed by atoms with Gasteiger partial charge in [0.05, 0.1) is 5.69 Å². The lowest BCUT2D eigenvalue weighted by Gasteiger charge is -2.12. The molecular weight excluding hydrogens is 297 g/mol. The van der Waals surface area contributed by atoms with E-state index in [0.717, 1.165) is 30.4 Å². The topological polar surface area (TPSA) is 64.0 Å². The van der Waals surface area contributed by atoms with Crippen molar-refractivity contribution < 1.29 is 9.18 Å². The largest absolute Gasteiger partial charge is 0.352 e. The smallest absolute Gasteiger partial charge is 0.267 e. The summed E-state index contributed by atoms with van der Waals surface area (Å²) in [7, 11) is 0. The molecular formula is C17H18FN3O2. The average molecular weight is 315 g/mol. The number of nitrogens with one attached hydrogen (secondary N) is 1. The highest BCUT2D eigenvalue weighted by atomic mass is 19.1. The van der Waals surface area contributed by atoms with Crippen molar-refractivity contribution in [2.24, 2.45) is 0 Å². The van der Waals surface area contributed by atoms with Crippen LogP contribution in [0.1, 0.15) is 25.7 Å². The molecule has 0 unspecified atom stereocenters. The van der Waals surface area contributed by atoms with Gasteiger partial charge in [-0.3, -0.25) is 9.59 Å².